The summed E-state index contributed by atoms with van der Waals surface area (Å²) in [5.41, 5.74) is 1.85. The molecular formula is C16H22N2O. The molecule has 3 nitrogen and oxygen atoms in total. The molecule has 1 aromatic rings. The van der Waals surface area contributed by atoms with E-state index in [2.05, 4.69) is 32.2 Å². The molecule has 1 rings (SSSR count). The van der Waals surface area contributed by atoms with Crippen LogP contribution in [0.5, 0.6) is 0 Å². The van der Waals surface area contributed by atoms with E-state index in [0.29, 0.717) is 5.56 Å². The van der Waals surface area contributed by atoms with Gasteiger partial charge in [0.15, 0.2) is 0 Å². The summed E-state index contributed by atoms with van der Waals surface area (Å²) in [6.45, 7) is 10.2. The first kappa shape index (κ1) is 15.2. The van der Waals surface area contributed by atoms with E-state index in [0.717, 1.165) is 0 Å². The molecule has 0 heterocycles. The second-order valence-corrected chi connectivity index (χ2v) is 6.15. The predicted molar refractivity (Wildman–Crippen MR) is 76.8 cm³/mol. The van der Waals surface area contributed by atoms with Gasteiger partial charge in [-0.2, -0.15) is 5.26 Å². The molecule has 0 fully saturated rings. The number of benzene rings is 1. The van der Waals surface area contributed by atoms with Gasteiger partial charge in [0.2, 0.25) is 0 Å². The normalized spacial score (nSPS) is 12.9. The van der Waals surface area contributed by atoms with Gasteiger partial charge in [-0.15, -0.1) is 0 Å². The zero-order valence-electron chi connectivity index (χ0n) is 12.3. The van der Waals surface area contributed by atoms with E-state index in [-0.39, 0.29) is 17.2 Å². The molecule has 19 heavy (non-hydrogen) atoms. The molecule has 1 aromatic carbocycles. The van der Waals surface area contributed by atoms with Crippen molar-refractivity contribution in [3.8, 4) is 6.07 Å². The van der Waals surface area contributed by atoms with E-state index >= 15 is 0 Å². The van der Waals surface area contributed by atoms with Gasteiger partial charge in [-0.25, -0.2) is 0 Å². The first-order valence-electron chi connectivity index (χ1n) is 6.56. The highest BCUT2D eigenvalue weighted by atomic mass is 16.1. The van der Waals surface area contributed by atoms with Gasteiger partial charge >= 0.3 is 0 Å². The van der Waals surface area contributed by atoms with Gasteiger partial charge in [0.25, 0.3) is 5.91 Å². The first-order chi connectivity index (χ1) is 8.75. The van der Waals surface area contributed by atoms with Gasteiger partial charge in [-0.05, 0) is 29.0 Å². The van der Waals surface area contributed by atoms with Crippen LogP contribution in [0.4, 0.5) is 0 Å². The lowest BCUT2D eigenvalue weighted by Crippen LogP contribution is -2.37. The number of nitrogens with one attached hydrogen (secondary N) is 1. The molecule has 1 unspecified atom stereocenters. The number of amides is 1. The number of hydrogen-bond acceptors (Lipinski definition) is 2. The van der Waals surface area contributed by atoms with Crippen LogP contribution in [0.2, 0.25) is 0 Å². The standard InChI is InChI=1S/C16H22N2O/c1-11(2)14(10-17)18-15(19)12-6-8-13(9-7-12)16(3,4)5/h6-9,11,14H,1-5H3,(H,18,19). The summed E-state index contributed by atoms with van der Waals surface area (Å²) in [5, 5.41) is 11.7. The average molecular weight is 258 g/mol. The summed E-state index contributed by atoms with van der Waals surface area (Å²) in [4.78, 5) is 12.0. The van der Waals surface area contributed by atoms with Crippen LogP contribution in [0, 0.1) is 17.2 Å². The van der Waals surface area contributed by atoms with E-state index in [1.54, 1.807) is 0 Å². The SMILES string of the molecule is CC(C)C(C#N)NC(=O)c1ccc(C(C)(C)C)cc1. The number of rotatable bonds is 3. The molecule has 0 aliphatic carbocycles. The van der Waals surface area contributed by atoms with Gasteiger partial charge in [0.05, 0.1) is 6.07 Å². The Labute approximate surface area is 115 Å². The molecule has 0 saturated heterocycles. The van der Waals surface area contributed by atoms with Crippen molar-refractivity contribution in [3.05, 3.63) is 35.4 Å². The fourth-order valence-corrected chi connectivity index (χ4v) is 1.69. The van der Waals surface area contributed by atoms with Crippen LogP contribution in [0.15, 0.2) is 24.3 Å². The number of nitrogens with zero attached hydrogens (tertiary/aromatic N) is 1. The van der Waals surface area contributed by atoms with Crippen molar-refractivity contribution in [1.82, 2.24) is 5.32 Å². The molecule has 3 heteroatoms. The zero-order valence-corrected chi connectivity index (χ0v) is 12.3. The Bertz CT molecular complexity index is 475. The summed E-state index contributed by atoms with van der Waals surface area (Å²) in [6.07, 6.45) is 0. The molecular weight excluding hydrogens is 236 g/mol. The van der Waals surface area contributed by atoms with E-state index < -0.39 is 6.04 Å². The second kappa shape index (κ2) is 5.88. The molecule has 102 valence electrons. The van der Waals surface area contributed by atoms with E-state index in [4.69, 9.17) is 5.26 Å². The lowest BCUT2D eigenvalue weighted by molar-refractivity contribution is 0.0937. The Hall–Kier alpha value is -1.82. The van der Waals surface area contributed by atoms with Crippen LogP contribution in [0.1, 0.15) is 50.5 Å². The van der Waals surface area contributed by atoms with Crippen molar-refractivity contribution in [2.24, 2.45) is 5.92 Å². The lowest BCUT2D eigenvalue weighted by Gasteiger charge is -2.19. The van der Waals surface area contributed by atoms with Crippen LogP contribution in [-0.4, -0.2) is 11.9 Å². The van der Waals surface area contributed by atoms with E-state index in [1.165, 1.54) is 5.56 Å². The largest absolute Gasteiger partial charge is 0.336 e. The molecule has 0 saturated carbocycles. The minimum Gasteiger partial charge on any atom is -0.336 e. The van der Waals surface area contributed by atoms with Gasteiger partial charge in [-0.1, -0.05) is 46.8 Å². The van der Waals surface area contributed by atoms with Crippen LogP contribution in [-0.2, 0) is 5.41 Å². The molecule has 0 aromatic heterocycles. The summed E-state index contributed by atoms with van der Waals surface area (Å²) < 4.78 is 0. The third-order valence-electron chi connectivity index (χ3n) is 3.11. The van der Waals surface area contributed by atoms with Gasteiger partial charge in [0.1, 0.15) is 6.04 Å². The maximum absolute atomic E-state index is 12.0. The number of nitriles is 1. The van der Waals surface area contributed by atoms with Gasteiger partial charge in [-0.3, -0.25) is 4.79 Å². The molecule has 0 aliphatic heterocycles. The Kier molecular flexibility index (Phi) is 4.72. The summed E-state index contributed by atoms with van der Waals surface area (Å²) in [6, 6.07) is 9.20. The highest BCUT2D eigenvalue weighted by Crippen LogP contribution is 2.22. The topological polar surface area (TPSA) is 52.9 Å². The Morgan fingerprint density at radius 1 is 1.21 bits per heavy atom. The fourth-order valence-electron chi connectivity index (χ4n) is 1.69. The highest BCUT2D eigenvalue weighted by molar-refractivity contribution is 5.94. The third kappa shape index (κ3) is 4.10. The molecule has 0 aliphatic rings. The van der Waals surface area contributed by atoms with Crippen LogP contribution >= 0.6 is 0 Å². The minimum atomic E-state index is -0.449. The van der Waals surface area contributed by atoms with Gasteiger partial charge in [0, 0.05) is 5.56 Å². The average Bonchev–Trinajstić information content (AvgIpc) is 2.34. The third-order valence-corrected chi connectivity index (χ3v) is 3.11. The second-order valence-electron chi connectivity index (χ2n) is 6.15. The maximum Gasteiger partial charge on any atom is 0.252 e. The summed E-state index contributed by atoms with van der Waals surface area (Å²) in [7, 11) is 0. The Morgan fingerprint density at radius 2 is 1.74 bits per heavy atom. The van der Waals surface area contributed by atoms with Gasteiger partial charge < -0.3 is 5.32 Å². The van der Waals surface area contributed by atoms with Crippen LogP contribution < -0.4 is 5.32 Å². The van der Waals surface area contributed by atoms with Crippen molar-refractivity contribution in [2.45, 2.75) is 46.1 Å². The fraction of sp³-hybridized carbons (Fsp3) is 0.500. The number of hydrogen-bond donors (Lipinski definition) is 1. The van der Waals surface area contributed by atoms with Crippen molar-refractivity contribution < 1.29 is 4.79 Å². The van der Waals surface area contributed by atoms with Crippen molar-refractivity contribution in [1.29, 1.82) is 5.26 Å². The van der Waals surface area contributed by atoms with Crippen LogP contribution in [0.3, 0.4) is 0 Å². The molecule has 0 spiro atoms. The molecule has 1 amide bonds. The highest BCUT2D eigenvalue weighted by Gasteiger charge is 2.17. The monoisotopic (exact) mass is 258 g/mol. The van der Waals surface area contributed by atoms with Crippen molar-refractivity contribution in [2.75, 3.05) is 0 Å². The van der Waals surface area contributed by atoms with Crippen molar-refractivity contribution >= 4 is 5.91 Å². The Balaban J connectivity index is 2.82. The number of carbonyl (C=O) groups excluding carboxylic acids is 1. The maximum atomic E-state index is 12.0. The molecule has 1 N–H and O–H groups in total. The first-order valence-corrected chi connectivity index (χ1v) is 6.56. The van der Waals surface area contributed by atoms with Crippen LogP contribution in [0.25, 0.3) is 0 Å². The predicted octanol–water partition coefficient (Wildman–Crippen LogP) is 3.26. The summed E-state index contributed by atoms with van der Waals surface area (Å²) >= 11 is 0. The summed E-state index contributed by atoms with van der Waals surface area (Å²) in [5.74, 6) is -0.0940. The Morgan fingerprint density at radius 3 is 2.11 bits per heavy atom. The molecule has 0 bridgehead atoms. The molecule has 1 atom stereocenters. The minimum absolute atomic E-state index is 0.0716. The van der Waals surface area contributed by atoms with E-state index in [1.807, 2.05) is 38.1 Å². The molecule has 0 radical (unpaired) electrons. The number of carbonyl (C=O) groups is 1. The van der Waals surface area contributed by atoms with E-state index in [9.17, 15) is 4.79 Å². The smallest absolute Gasteiger partial charge is 0.252 e. The van der Waals surface area contributed by atoms with Crippen molar-refractivity contribution in [3.63, 3.8) is 0 Å². The lowest BCUT2D eigenvalue weighted by atomic mass is 9.86. The zero-order chi connectivity index (χ0) is 14.6. The quantitative estimate of drug-likeness (QED) is 0.904.